The number of hydrogen-bond acceptors (Lipinski definition) is 8. The Morgan fingerprint density at radius 2 is 1.86 bits per heavy atom. The molecule has 4 heterocycles. The molecule has 9 heteroatoms. The van der Waals surface area contributed by atoms with Crippen LogP contribution in [0.15, 0.2) is 48.9 Å². The number of aromatic nitrogens is 5. The van der Waals surface area contributed by atoms with Gasteiger partial charge < -0.3 is 19.4 Å². The third kappa shape index (κ3) is 5.28. The van der Waals surface area contributed by atoms with Crippen LogP contribution in [-0.2, 0) is 6.54 Å². The number of rotatable bonds is 9. The lowest BCUT2D eigenvalue weighted by molar-refractivity contribution is 0.188. The molecule has 0 atom stereocenters. The van der Waals surface area contributed by atoms with Gasteiger partial charge in [0.2, 0.25) is 11.8 Å². The number of fused-ring (bicyclic) bond motifs is 1. The van der Waals surface area contributed by atoms with Crippen LogP contribution in [0.1, 0.15) is 30.9 Å². The lowest BCUT2D eigenvalue weighted by Gasteiger charge is -2.26. The van der Waals surface area contributed by atoms with Crippen LogP contribution in [0, 0.1) is 6.92 Å². The van der Waals surface area contributed by atoms with Gasteiger partial charge in [0, 0.05) is 50.6 Å². The first-order valence-corrected chi connectivity index (χ1v) is 13.1. The number of ether oxygens (including phenoxy) is 2. The summed E-state index contributed by atoms with van der Waals surface area (Å²) in [5, 5.41) is 3.38. The number of piperazine rings is 1. The monoisotopic (exact) mass is 499 g/mol. The molecular weight excluding hydrogens is 466 g/mol. The lowest BCUT2D eigenvalue weighted by atomic mass is 10.1. The fourth-order valence-corrected chi connectivity index (χ4v) is 4.68. The number of imidazole rings is 1. The number of nitrogens with one attached hydrogen (secondary N) is 1. The van der Waals surface area contributed by atoms with Crippen LogP contribution in [0.3, 0.4) is 0 Å². The molecule has 0 unspecified atom stereocenters. The summed E-state index contributed by atoms with van der Waals surface area (Å²) in [5.41, 5.74) is 4.41. The zero-order valence-electron chi connectivity index (χ0n) is 21.5. The van der Waals surface area contributed by atoms with Crippen molar-refractivity contribution < 1.29 is 9.47 Å². The molecule has 6 rings (SSSR count). The van der Waals surface area contributed by atoms with E-state index in [0.717, 1.165) is 73.7 Å². The second-order valence-electron chi connectivity index (χ2n) is 10.2. The first-order chi connectivity index (χ1) is 18.1. The normalized spacial score (nSPS) is 17.1. The first kappa shape index (κ1) is 23.8. The molecule has 2 aliphatic rings. The van der Waals surface area contributed by atoms with Gasteiger partial charge in [0.05, 0.1) is 6.54 Å². The van der Waals surface area contributed by atoms with E-state index in [1.165, 1.54) is 0 Å². The van der Waals surface area contributed by atoms with Crippen LogP contribution < -0.4 is 14.8 Å². The Morgan fingerprint density at radius 1 is 1.05 bits per heavy atom. The van der Waals surface area contributed by atoms with E-state index in [1.807, 2.05) is 30.5 Å². The molecule has 1 aliphatic heterocycles. The van der Waals surface area contributed by atoms with E-state index >= 15 is 0 Å². The van der Waals surface area contributed by atoms with Crippen molar-refractivity contribution >= 4 is 11.2 Å². The molecule has 2 fully saturated rings. The molecule has 1 saturated carbocycles. The Kier molecular flexibility index (Phi) is 6.48. The van der Waals surface area contributed by atoms with E-state index < -0.39 is 0 Å². The second-order valence-corrected chi connectivity index (χ2v) is 10.2. The van der Waals surface area contributed by atoms with Crippen molar-refractivity contribution in [3.8, 4) is 23.1 Å². The molecule has 0 bridgehead atoms. The van der Waals surface area contributed by atoms with Gasteiger partial charge in [0.25, 0.3) is 0 Å². The van der Waals surface area contributed by atoms with Crippen LogP contribution in [0.5, 0.6) is 11.8 Å². The highest BCUT2D eigenvalue weighted by atomic mass is 16.5. The van der Waals surface area contributed by atoms with Gasteiger partial charge >= 0.3 is 0 Å². The zero-order chi connectivity index (χ0) is 25.2. The van der Waals surface area contributed by atoms with Crippen LogP contribution in [-0.4, -0.2) is 74.3 Å². The molecular formula is C28H33N7O2. The SMILES string of the molecule is Cc1cc(OCCN2CCNCC2)ncc1-c1nc2c(OC3(C)CC3)ncnc2n1Cc1ccccc1. The van der Waals surface area contributed by atoms with Gasteiger partial charge in [0.1, 0.15) is 24.4 Å². The number of aryl methyl sites for hydroxylation is 1. The number of benzene rings is 1. The fraction of sp³-hybridized carbons (Fsp3) is 0.429. The Hall–Kier alpha value is -3.56. The summed E-state index contributed by atoms with van der Waals surface area (Å²) in [6, 6.07) is 12.3. The van der Waals surface area contributed by atoms with Crippen molar-refractivity contribution in [2.24, 2.45) is 0 Å². The molecule has 192 valence electrons. The van der Waals surface area contributed by atoms with Gasteiger partial charge in [0.15, 0.2) is 11.2 Å². The highest BCUT2D eigenvalue weighted by Crippen LogP contribution is 2.41. The highest BCUT2D eigenvalue weighted by molar-refractivity contribution is 5.82. The molecule has 4 aromatic rings. The molecule has 1 aliphatic carbocycles. The fourth-order valence-electron chi connectivity index (χ4n) is 4.68. The van der Waals surface area contributed by atoms with Crippen molar-refractivity contribution in [3.05, 3.63) is 60.0 Å². The zero-order valence-corrected chi connectivity index (χ0v) is 21.5. The summed E-state index contributed by atoms with van der Waals surface area (Å²) in [6.07, 6.45) is 5.47. The Morgan fingerprint density at radius 3 is 2.62 bits per heavy atom. The maximum absolute atomic E-state index is 6.25. The summed E-state index contributed by atoms with van der Waals surface area (Å²) in [5.74, 6) is 1.96. The molecule has 1 saturated heterocycles. The Labute approximate surface area is 216 Å². The average Bonchev–Trinajstić information content (AvgIpc) is 3.53. The van der Waals surface area contributed by atoms with Crippen LogP contribution in [0.4, 0.5) is 0 Å². The van der Waals surface area contributed by atoms with E-state index in [-0.39, 0.29) is 5.60 Å². The third-order valence-corrected chi connectivity index (χ3v) is 7.17. The van der Waals surface area contributed by atoms with Gasteiger partial charge in [-0.3, -0.25) is 4.90 Å². The standard InChI is InChI=1S/C28H33N7O2/c1-20-16-23(36-15-14-34-12-10-29-11-13-34)30-17-22(20)25-33-24-26(35(25)18-21-6-4-3-5-7-21)31-19-32-27(24)37-28(2)8-9-28/h3-7,16-17,19,29H,8-15,18H2,1-2H3. The predicted octanol–water partition coefficient (Wildman–Crippen LogP) is 3.46. The minimum absolute atomic E-state index is 0.161. The highest BCUT2D eigenvalue weighted by Gasteiger charge is 2.41. The van der Waals surface area contributed by atoms with Crippen molar-refractivity contribution in [3.63, 3.8) is 0 Å². The van der Waals surface area contributed by atoms with Crippen LogP contribution >= 0.6 is 0 Å². The van der Waals surface area contributed by atoms with Crippen molar-refractivity contribution in [1.29, 1.82) is 0 Å². The second kappa shape index (κ2) is 10.1. The van der Waals surface area contributed by atoms with E-state index in [9.17, 15) is 0 Å². The molecule has 1 N–H and O–H groups in total. The topological polar surface area (TPSA) is 90.2 Å². The van der Waals surface area contributed by atoms with E-state index in [4.69, 9.17) is 14.5 Å². The van der Waals surface area contributed by atoms with E-state index in [2.05, 4.69) is 55.7 Å². The van der Waals surface area contributed by atoms with Crippen LogP contribution in [0.25, 0.3) is 22.6 Å². The molecule has 0 spiro atoms. The first-order valence-electron chi connectivity index (χ1n) is 13.1. The van der Waals surface area contributed by atoms with Crippen molar-refractivity contribution in [1.82, 2.24) is 34.7 Å². The number of nitrogens with zero attached hydrogens (tertiary/aromatic N) is 6. The predicted molar refractivity (Wildman–Crippen MR) is 142 cm³/mol. The maximum atomic E-state index is 6.25. The van der Waals surface area contributed by atoms with Gasteiger partial charge in [-0.05, 0) is 37.8 Å². The largest absolute Gasteiger partial charge is 0.476 e. The molecule has 1 aromatic carbocycles. The van der Waals surface area contributed by atoms with Gasteiger partial charge in [-0.25, -0.2) is 15.0 Å². The average molecular weight is 500 g/mol. The summed E-state index contributed by atoms with van der Waals surface area (Å²) in [6.45, 7) is 10.5. The third-order valence-electron chi connectivity index (χ3n) is 7.17. The van der Waals surface area contributed by atoms with Gasteiger partial charge in [-0.2, -0.15) is 4.98 Å². The molecule has 0 radical (unpaired) electrons. The Bertz CT molecular complexity index is 1380. The quantitative estimate of drug-likeness (QED) is 0.375. The minimum Gasteiger partial charge on any atom is -0.476 e. The number of pyridine rings is 1. The summed E-state index contributed by atoms with van der Waals surface area (Å²) in [4.78, 5) is 21.1. The lowest BCUT2D eigenvalue weighted by Crippen LogP contribution is -2.44. The number of hydrogen-bond donors (Lipinski definition) is 1. The van der Waals surface area contributed by atoms with Gasteiger partial charge in [-0.15, -0.1) is 0 Å². The minimum atomic E-state index is -0.161. The molecule has 3 aromatic heterocycles. The summed E-state index contributed by atoms with van der Waals surface area (Å²) < 4.78 is 14.4. The molecule has 0 amide bonds. The summed E-state index contributed by atoms with van der Waals surface area (Å²) >= 11 is 0. The van der Waals surface area contributed by atoms with Crippen molar-refractivity contribution in [2.45, 2.75) is 38.8 Å². The smallest absolute Gasteiger partial charge is 0.245 e. The maximum Gasteiger partial charge on any atom is 0.245 e. The van der Waals surface area contributed by atoms with Crippen LogP contribution in [0.2, 0.25) is 0 Å². The molecule has 9 nitrogen and oxygen atoms in total. The Balaban J connectivity index is 1.31. The molecule has 37 heavy (non-hydrogen) atoms. The summed E-state index contributed by atoms with van der Waals surface area (Å²) in [7, 11) is 0. The van der Waals surface area contributed by atoms with Crippen molar-refractivity contribution in [2.75, 3.05) is 39.3 Å². The van der Waals surface area contributed by atoms with E-state index in [0.29, 0.717) is 30.4 Å². The van der Waals surface area contributed by atoms with E-state index in [1.54, 1.807) is 6.33 Å². The van der Waals surface area contributed by atoms with Gasteiger partial charge in [-0.1, -0.05) is 30.3 Å².